The van der Waals surface area contributed by atoms with Crippen molar-refractivity contribution in [3.63, 3.8) is 0 Å². The van der Waals surface area contributed by atoms with Gasteiger partial charge in [0.25, 0.3) is 0 Å². The molecule has 2 aromatic carbocycles. The molecule has 1 fully saturated rings. The lowest BCUT2D eigenvalue weighted by Gasteiger charge is -2.17. The summed E-state index contributed by atoms with van der Waals surface area (Å²) in [6.45, 7) is 1.75. The lowest BCUT2D eigenvalue weighted by atomic mass is 10.1. The Morgan fingerprint density at radius 2 is 1.62 bits per heavy atom. The first-order valence-corrected chi connectivity index (χ1v) is 9.45. The summed E-state index contributed by atoms with van der Waals surface area (Å²) in [5.74, 6) is 2.59. The van der Waals surface area contributed by atoms with E-state index in [2.05, 4.69) is 29.6 Å². The van der Waals surface area contributed by atoms with Gasteiger partial charge in [0.1, 0.15) is 5.75 Å². The van der Waals surface area contributed by atoms with Crippen LogP contribution in [0.3, 0.4) is 0 Å². The van der Waals surface area contributed by atoms with E-state index in [-0.39, 0.29) is 0 Å². The van der Waals surface area contributed by atoms with E-state index in [0.29, 0.717) is 6.10 Å². The average Bonchev–Trinajstić information content (AvgIpc) is 3.19. The molecule has 26 heavy (non-hydrogen) atoms. The SMILES string of the molecule is COc1ccc(CCNCc2ccc(OC)c(OC3CCCC3)c2)cc1. The first-order valence-electron chi connectivity index (χ1n) is 9.45. The highest BCUT2D eigenvalue weighted by Gasteiger charge is 2.18. The second kappa shape index (κ2) is 9.48. The van der Waals surface area contributed by atoms with Crippen LogP contribution in [0, 0.1) is 0 Å². The highest BCUT2D eigenvalue weighted by Crippen LogP contribution is 2.32. The summed E-state index contributed by atoms with van der Waals surface area (Å²) in [5.41, 5.74) is 2.52. The number of hydrogen-bond acceptors (Lipinski definition) is 4. The normalized spacial score (nSPS) is 14.4. The molecule has 0 unspecified atom stereocenters. The van der Waals surface area contributed by atoms with Crippen LogP contribution in [-0.4, -0.2) is 26.9 Å². The van der Waals surface area contributed by atoms with Gasteiger partial charge in [-0.1, -0.05) is 18.2 Å². The Kier molecular flexibility index (Phi) is 6.78. The standard InChI is InChI=1S/C22H29NO3/c1-24-19-10-7-17(8-11-19)13-14-23-16-18-9-12-21(25-2)22(15-18)26-20-5-3-4-6-20/h7-12,15,20,23H,3-6,13-14,16H2,1-2H3. The van der Waals surface area contributed by atoms with Crippen molar-refractivity contribution in [1.29, 1.82) is 0 Å². The number of hydrogen-bond donors (Lipinski definition) is 1. The lowest BCUT2D eigenvalue weighted by Crippen LogP contribution is -2.17. The minimum atomic E-state index is 0.335. The van der Waals surface area contributed by atoms with Crippen LogP contribution in [0.2, 0.25) is 0 Å². The maximum absolute atomic E-state index is 6.17. The molecule has 4 heteroatoms. The third-order valence-corrected chi connectivity index (χ3v) is 4.90. The van der Waals surface area contributed by atoms with Crippen molar-refractivity contribution in [2.24, 2.45) is 0 Å². The van der Waals surface area contributed by atoms with Gasteiger partial charge in [-0.3, -0.25) is 0 Å². The van der Waals surface area contributed by atoms with E-state index >= 15 is 0 Å². The molecule has 0 radical (unpaired) electrons. The van der Waals surface area contributed by atoms with Crippen LogP contribution in [0.5, 0.6) is 17.2 Å². The summed E-state index contributed by atoms with van der Waals surface area (Å²) in [4.78, 5) is 0. The van der Waals surface area contributed by atoms with Crippen LogP contribution in [0.25, 0.3) is 0 Å². The Balaban J connectivity index is 1.50. The molecule has 0 spiro atoms. The Labute approximate surface area is 156 Å². The monoisotopic (exact) mass is 355 g/mol. The third-order valence-electron chi connectivity index (χ3n) is 4.90. The van der Waals surface area contributed by atoms with E-state index < -0.39 is 0 Å². The number of methoxy groups -OCH3 is 2. The second-order valence-electron chi connectivity index (χ2n) is 6.78. The second-order valence-corrected chi connectivity index (χ2v) is 6.78. The third kappa shape index (κ3) is 5.15. The van der Waals surface area contributed by atoms with Gasteiger partial charge in [-0.15, -0.1) is 0 Å². The highest BCUT2D eigenvalue weighted by molar-refractivity contribution is 5.43. The zero-order valence-corrected chi connectivity index (χ0v) is 15.8. The van der Waals surface area contributed by atoms with Gasteiger partial charge in [-0.2, -0.15) is 0 Å². The summed E-state index contributed by atoms with van der Waals surface area (Å²) in [6.07, 6.45) is 6.15. The summed E-state index contributed by atoms with van der Waals surface area (Å²) < 4.78 is 16.8. The molecule has 2 aromatic rings. The summed E-state index contributed by atoms with van der Waals surface area (Å²) in [7, 11) is 3.39. The van der Waals surface area contributed by atoms with Crippen molar-refractivity contribution in [3.05, 3.63) is 53.6 Å². The quantitative estimate of drug-likeness (QED) is 0.679. The van der Waals surface area contributed by atoms with E-state index in [1.807, 2.05) is 18.2 Å². The molecule has 1 saturated carbocycles. The van der Waals surface area contributed by atoms with Crippen LogP contribution >= 0.6 is 0 Å². The lowest BCUT2D eigenvalue weighted by molar-refractivity contribution is 0.200. The molecule has 1 N–H and O–H groups in total. The van der Waals surface area contributed by atoms with Crippen molar-refractivity contribution in [2.45, 2.75) is 44.8 Å². The number of rotatable bonds is 9. The van der Waals surface area contributed by atoms with Crippen LogP contribution in [0.1, 0.15) is 36.8 Å². The fraction of sp³-hybridized carbons (Fsp3) is 0.455. The van der Waals surface area contributed by atoms with Crippen LogP contribution in [-0.2, 0) is 13.0 Å². The Hall–Kier alpha value is -2.20. The molecule has 4 nitrogen and oxygen atoms in total. The summed E-state index contributed by atoms with van der Waals surface area (Å²) in [5, 5.41) is 3.51. The minimum absolute atomic E-state index is 0.335. The Morgan fingerprint density at radius 3 is 2.31 bits per heavy atom. The maximum Gasteiger partial charge on any atom is 0.161 e. The molecule has 0 aromatic heterocycles. The van der Waals surface area contributed by atoms with Gasteiger partial charge in [0, 0.05) is 6.54 Å². The van der Waals surface area contributed by atoms with Crippen molar-refractivity contribution in [2.75, 3.05) is 20.8 Å². The van der Waals surface area contributed by atoms with E-state index in [1.54, 1.807) is 14.2 Å². The zero-order chi connectivity index (χ0) is 18.2. The molecular formula is C22H29NO3. The molecule has 0 heterocycles. The van der Waals surface area contributed by atoms with E-state index in [1.165, 1.54) is 24.0 Å². The molecule has 3 rings (SSSR count). The number of ether oxygens (including phenoxy) is 3. The van der Waals surface area contributed by atoms with E-state index in [4.69, 9.17) is 14.2 Å². The van der Waals surface area contributed by atoms with Gasteiger partial charge in [0.05, 0.1) is 20.3 Å². The molecule has 0 aliphatic heterocycles. The average molecular weight is 355 g/mol. The van der Waals surface area contributed by atoms with Gasteiger partial charge in [-0.25, -0.2) is 0 Å². The van der Waals surface area contributed by atoms with Crippen molar-refractivity contribution < 1.29 is 14.2 Å². The molecule has 140 valence electrons. The van der Waals surface area contributed by atoms with Crippen molar-refractivity contribution in [3.8, 4) is 17.2 Å². The molecular weight excluding hydrogens is 326 g/mol. The fourth-order valence-corrected chi connectivity index (χ4v) is 3.37. The minimum Gasteiger partial charge on any atom is -0.497 e. The van der Waals surface area contributed by atoms with Gasteiger partial charge in [0.2, 0.25) is 0 Å². The molecule has 0 bridgehead atoms. The first kappa shape index (κ1) is 18.6. The highest BCUT2D eigenvalue weighted by atomic mass is 16.5. The first-order chi connectivity index (χ1) is 12.8. The topological polar surface area (TPSA) is 39.7 Å². The predicted molar refractivity (Wildman–Crippen MR) is 104 cm³/mol. The van der Waals surface area contributed by atoms with Gasteiger partial charge in [-0.05, 0) is 74.0 Å². The zero-order valence-electron chi connectivity index (χ0n) is 15.8. The smallest absolute Gasteiger partial charge is 0.161 e. The molecule has 1 aliphatic rings. The largest absolute Gasteiger partial charge is 0.497 e. The molecule has 0 amide bonds. The summed E-state index contributed by atoms with van der Waals surface area (Å²) in [6, 6.07) is 14.4. The van der Waals surface area contributed by atoms with Crippen LogP contribution in [0.4, 0.5) is 0 Å². The maximum atomic E-state index is 6.17. The number of nitrogens with one attached hydrogen (secondary N) is 1. The Morgan fingerprint density at radius 1 is 0.885 bits per heavy atom. The van der Waals surface area contributed by atoms with Gasteiger partial charge < -0.3 is 19.5 Å². The fourth-order valence-electron chi connectivity index (χ4n) is 3.37. The van der Waals surface area contributed by atoms with E-state index in [9.17, 15) is 0 Å². The predicted octanol–water partition coefficient (Wildman–Crippen LogP) is 4.36. The van der Waals surface area contributed by atoms with Crippen molar-refractivity contribution in [1.82, 2.24) is 5.32 Å². The molecule has 0 saturated heterocycles. The van der Waals surface area contributed by atoms with Gasteiger partial charge in [0.15, 0.2) is 11.5 Å². The molecule has 1 aliphatic carbocycles. The van der Waals surface area contributed by atoms with Crippen LogP contribution in [0.15, 0.2) is 42.5 Å². The van der Waals surface area contributed by atoms with E-state index in [0.717, 1.165) is 49.6 Å². The number of benzene rings is 2. The summed E-state index contributed by atoms with van der Waals surface area (Å²) >= 11 is 0. The molecule has 0 atom stereocenters. The Bertz CT molecular complexity index is 678. The van der Waals surface area contributed by atoms with Crippen molar-refractivity contribution >= 4 is 0 Å². The van der Waals surface area contributed by atoms with Crippen LogP contribution < -0.4 is 19.5 Å². The van der Waals surface area contributed by atoms with Gasteiger partial charge >= 0.3 is 0 Å².